The molecule has 0 aliphatic carbocycles. The summed E-state index contributed by atoms with van der Waals surface area (Å²) < 4.78 is 36.4. The fraction of sp³-hybridized carbons (Fsp3) is 0.412. The van der Waals surface area contributed by atoms with E-state index >= 15 is 0 Å². The minimum absolute atomic E-state index is 0.0337. The lowest BCUT2D eigenvalue weighted by Crippen LogP contribution is -2.38. The van der Waals surface area contributed by atoms with Crippen molar-refractivity contribution in [2.24, 2.45) is 5.73 Å². The van der Waals surface area contributed by atoms with E-state index in [0.29, 0.717) is 0 Å². The fourth-order valence-corrected chi connectivity index (χ4v) is 3.42. The number of rotatable bonds is 4. The van der Waals surface area contributed by atoms with Gasteiger partial charge in [-0.3, -0.25) is 9.74 Å². The number of hydrogen-bond acceptors (Lipinski definition) is 7. The van der Waals surface area contributed by atoms with Gasteiger partial charge in [-0.2, -0.15) is 0 Å². The molecule has 3 heterocycles. The van der Waals surface area contributed by atoms with Gasteiger partial charge >= 0.3 is 12.1 Å². The summed E-state index contributed by atoms with van der Waals surface area (Å²) in [5.74, 6) is -1.69. The van der Waals surface area contributed by atoms with E-state index in [1.807, 2.05) is 0 Å². The first-order valence-corrected chi connectivity index (χ1v) is 9.18. The van der Waals surface area contributed by atoms with E-state index in [1.165, 1.54) is 15.8 Å². The number of nitrogens with two attached hydrogens (primary N) is 1. The minimum atomic E-state index is -0.843. The van der Waals surface area contributed by atoms with E-state index in [0.717, 1.165) is 22.1 Å². The molecule has 0 radical (unpaired) electrons. The van der Waals surface area contributed by atoms with Crippen LogP contribution in [0.3, 0.4) is 0 Å². The van der Waals surface area contributed by atoms with Crippen LogP contribution in [0.5, 0.6) is 0 Å². The molecule has 30 heavy (non-hydrogen) atoms. The zero-order valence-electron chi connectivity index (χ0n) is 15.8. The van der Waals surface area contributed by atoms with Crippen molar-refractivity contribution in [3.05, 3.63) is 36.2 Å². The van der Waals surface area contributed by atoms with Crippen molar-refractivity contribution in [1.82, 2.24) is 20.1 Å². The first kappa shape index (κ1) is 19.8. The summed E-state index contributed by atoms with van der Waals surface area (Å²) >= 11 is 0. The highest BCUT2D eigenvalue weighted by Crippen LogP contribution is 2.31. The van der Waals surface area contributed by atoms with Crippen LogP contribution in [-0.4, -0.2) is 71.1 Å². The number of nitrogens with zero attached hydrogens (tertiary/aromatic N) is 6. The van der Waals surface area contributed by atoms with Crippen LogP contribution in [0, 0.1) is 11.6 Å². The molecule has 1 atom stereocenters. The number of cyclic esters (lactones) is 1. The molecule has 1 aromatic heterocycles. The maximum Gasteiger partial charge on any atom is 0.414 e. The number of carbonyl (C=O) groups is 2. The molecule has 0 unspecified atom stereocenters. The standard InChI is InChI=1S/C17H19F2N7O4/c18-13-7-11(25-10-12(30-17(25)28)9-24-2-1-21-22-24)8-14(19)15(13)23-3-4-26(16(20)27)29-6-5-23/h1-2,7-8,12H,3-6,9-10H2,(H2,20,27)/t12-/m0/s1. The van der Waals surface area contributed by atoms with E-state index in [9.17, 15) is 18.4 Å². The largest absolute Gasteiger partial charge is 0.442 e. The summed E-state index contributed by atoms with van der Waals surface area (Å²) in [6.07, 6.45) is 1.88. The number of aromatic nitrogens is 3. The lowest BCUT2D eigenvalue weighted by atomic mass is 10.2. The van der Waals surface area contributed by atoms with Crippen LogP contribution in [0.25, 0.3) is 0 Å². The summed E-state index contributed by atoms with van der Waals surface area (Å²) in [7, 11) is 0. The number of amides is 3. The zero-order valence-corrected chi connectivity index (χ0v) is 15.8. The Labute approximate surface area is 169 Å². The number of carbonyl (C=O) groups excluding carboxylic acids is 2. The third-order valence-corrected chi connectivity index (χ3v) is 4.79. The third kappa shape index (κ3) is 3.96. The topological polar surface area (TPSA) is 119 Å². The van der Waals surface area contributed by atoms with Gasteiger partial charge in [0.2, 0.25) is 0 Å². The molecule has 160 valence electrons. The first-order valence-electron chi connectivity index (χ1n) is 9.18. The van der Waals surface area contributed by atoms with E-state index in [4.69, 9.17) is 15.3 Å². The normalized spacial score (nSPS) is 19.7. The molecule has 2 fully saturated rings. The summed E-state index contributed by atoms with van der Waals surface area (Å²) in [5, 5.41) is 8.43. The molecule has 2 saturated heterocycles. The highest BCUT2D eigenvalue weighted by Gasteiger charge is 2.34. The molecule has 2 aromatic rings. The van der Waals surface area contributed by atoms with Crippen LogP contribution in [0.2, 0.25) is 0 Å². The summed E-state index contributed by atoms with van der Waals surface area (Å²) in [6, 6.07) is 1.38. The number of hydroxylamine groups is 2. The molecule has 2 aliphatic rings. The minimum Gasteiger partial charge on any atom is -0.442 e. The van der Waals surface area contributed by atoms with Crippen LogP contribution < -0.4 is 15.5 Å². The molecule has 0 spiro atoms. The molecule has 0 saturated carbocycles. The second-order valence-electron chi connectivity index (χ2n) is 6.76. The molecule has 2 N–H and O–H groups in total. The lowest BCUT2D eigenvalue weighted by molar-refractivity contribution is -0.102. The fourth-order valence-electron chi connectivity index (χ4n) is 3.42. The Morgan fingerprint density at radius 2 is 2.00 bits per heavy atom. The Balaban J connectivity index is 1.50. The average molecular weight is 423 g/mol. The monoisotopic (exact) mass is 423 g/mol. The quantitative estimate of drug-likeness (QED) is 0.769. The SMILES string of the molecule is NC(=O)N1CCN(c2c(F)cc(N3C[C@H](Cn4ccnn4)OC3=O)cc2F)CCO1. The molecular weight excluding hydrogens is 404 g/mol. The van der Waals surface area contributed by atoms with Gasteiger partial charge in [0, 0.05) is 31.4 Å². The molecule has 1 aromatic carbocycles. The van der Waals surface area contributed by atoms with Gasteiger partial charge in [-0.25, -0.2) is 28.1 Å². The van der Waals surface area contributed by atoms with Crippen LogP contribution in [0.1, 0.15) is 0 Å². The van der Waals surface area contributed by atoms with Crippen LogP contribution in [-0.2, 0) is 16.1 Å². The summed E-state index contributed by atoms with van der Waals surface area (Å²) in [5.41, 5.74) is 4.96. The number of hydrogen-bond donors (Lipinski definition) is 1. The van der Waals surface area contributed by atoms with Crippen molar-refractivity contribution >= 4 is 23.5 Å². The van der Waals surface area contributed by atoms with Crippen molar-refractivity contribution in [3.63, 3.8) is 0 Å². The van der Waals surface area contributed by atoms with Crippen molar-refractivity contribution in [3.8, 4) is 0 Å². The third-order valence-electron chi connectivity index (χ3n) is 4.79. The Morgan fingerprint density at radius 1 is 1.23 bits per heavy atom. The highest BCUT2D eigenvalue weighted by molar-refractivity contribution is 5.90. The molecule has 0 bridgehead atoms. The smallest absolute Gasteiger partial charge is 0.414 e. The molecule has 11 nitrogen and oxygen atoms in total. The highest BCUT2D eigenvalue weighted by atomic mass is 19.1. The summed E-state index contributed by atoms with van der Waals surface area (Å²) in [6.45, 7) is 0.756. The number of benzene rings is 1. The Bertz CT molecular complexity index is 919. The van der Waals surface area contributed by atoms with Crippen molar-refractivity contribution in [1.29, 1.82) is 0 Å². The zero-order chi connectivity index (χ0) is 21.3. The molecule has 2 aliphatic heterocycles. The van der Waals surface area contributed by atoms with Crippen LogP contribution in [0.15, 0.2) is 24.5 Å². The molecule has 13 heteroatoms. The van der Waals surface area contributed by atoms with Gasteiger partial charge < -0.3 is 15.4 Å². The second-order valence-corrected chi connectivity index (χ2v) is 6.76. The molecule has 3 amide bonds. The van der Waals surface area contributed by atoms with Gasteiger partial charge in [-0.05, 0) is 0 Å². The van der Waals surface area contributed by atoms with Gasteiger partial charge in [0.15, 0.2) is 11.6 Å². The number of anilines is 2. The van der Waals surface area contributed by atoms with E-state index in [2.05, 4.69) is 10.3 Å². The number of ether oxygens (including phenoxy) is 1. The number of urea groups is 1. The van der Waals surface area contributed by atoms with Gasteiger partial charge in [-0.15, -0.1) is 5.10 Å². The molecule has 4 rings (SSSR count). The number of halogens is 2. The maximum absolute atomic E-state index is 14.8. The van der Waals surface area contributed by atoms with Gasteiger partial charge in [0.25, 0.3) is 0 Å². The second kappa shape index (κ2) is 8.10. The van der Waals surface area contributed by atoms with E-state index in [1.54, 1.807) is 6.20 Å². The summed E-state index contributed by atoms with van der Waals surface area (Å²) in [4.78, 5) is 31.2. The van der Waals surface area contributed by atoms with E-state index < -0.39 is 29.9 Å². The van der Waals surface area contributed by atoms with Gasteiger partial charge in [0.05, 0.1) is 38.1 Å². The Kier molecular flexibility index (Phi) is 5.35. The predicted molar refractivity (Wildman–Crippen MR) is 98.4 cm³/mol. The Hall–Kier alpha value is -3.48. The van der Waals surface area contributed by atoms with Crippen molar-refractivity contribution in [2.45, 2.75) is 12.6 Å². The van der Waals surface area contributed by atoms with Crippen LogP contribution in [0.4, 0.5) is 29.7 Å². The van der Waals surface area contributed by atoms with Crippen LogP contribution >= 0.6 is 0 Å². The average Bonchev–Trinajstić information content (AvgIpc) is 3.25. The Morgan fingerprint density at radius 3 is 2.67 bits per heavy atom. The molecular formula is C17H19F2N7O4. The van der Waals surface area contributed by atoms with Crippen molar-refractivity contribution < 1.29 is 27.9 Å². The lowest BCUT2D eigenvalue weighted by Gasteiger charge is -2.24. The maximum atomic E-state index is 14.8. The van der Waals surface area contributed by atoms with Gasteiger partial charge in [0.1, 0.15) is 11.8 Å². The number of primary amides is 1. The van der Waals surface area contributed by atoms with Crippen molar-refractivity contribution in [2.75, 3.05) is 42.6 Å². The first-order chi connectivity index (χ1) is 14.4. The van der Waals surface area contributed by atoms with Gasteiger partial charge in [-0.1, -0.05) is 5.21 Å². The predicted octanol–water partition coefficient (Wildman–Crippen LogP) is 0.714. The van der Waals surface area contributed by atoms with E-state index in [-0.39, 0.29) is 50.7 Å².